The number of carbonyl (C=O) groups is 1. The van der Waals surface area contributed by atoms with E-state index in [1.165, 1.54) is 11.1 Å². The highest BCUT2D eigenvalue weighted by Crippen LogP contribution is 2.39. The summed E-state index contributed by atoms with van der Waals surface area (Å²) in [6, 6.07) is 20.8. The lowest BCUT2D eigenvalue weighted by atomic mass is 9.98. The van der Waals surface area contributed by atoms with Crippen molar-refractivity contribution in [1.82, 2.24) is 4.98 Å². The monoisotopic (exact) mass is 452 g/mol. The van der Waals surface area contributed by atoms with Gasteiger partial charge < -0.3 is 15.2 Å². The summed E-state index contributed by atoms with van der Waals surface area (Å²) in [5.41, 5.74) is 12.7. The molecule has 172 valence electrons. The van der Waals surface area contributed by atoms with Crippen molar-refractivity contribution >= 4 is 22.6 Å². The van der Waals surface area contributed by atoms with Gasteiger partial charge in [0.2, 0.25) is 0 Å². The molecule has 1 aliphatic carbocycles. The molecule has 0 aliphatic heterocycles. The molecule has 4 aromatic rings. The van der Waals surface area contributed by atoms with Crippen molar-refractivity contribution in [2.24, 2.45) is 0 Å². The molecular formula is C29H28N2O3. The molecule has 0 spiro atoms. The highest BCUT2D eigenvalue weighted by Gasteiger charge is 2.26. The fourth-order valence-corrected chi connectivity index (χ4v) is 4.76. The lowest BCUT2D eigenvalue weighted by Gasteiger charge is -2.19. The molecule has 1 aromatic heterocycles. The molecule has 0 saturated carbocycles. The van der Waals surface area contributed by atoms with E-state index in [0.29, 0.717) is 12.4 Å². The number of hydrogen-bond donors (Lipinski definition) is 1. The molecule has 0 unspecified atom stereocenters. The van der Waals surface area contributed by atoms with Crippen LogP contribution < -0.4 is 10.5 Å². The Balaban J connectivity index is 1.46. The zero-order valence-corrected chi connectivity index (χ0v) is 19.5. The van der Waals surface area contributed by atoms with Crippen LogP contribution in [0.3, 0.4) is 0 Å². The molecule has 0 fully saturated rings. The van der Waals surface area contributed by atoms with E-state index in [1.807, 2.05) is 38.1 Å². The van der Waals surface area contributed by atoms with Gasteiger partial charge in [-0.25, -0.2) is 4.98 Å². The normalized spacial score (nSPS) is 14.7. The topological polar surface area (TPSA) is 74.4 Å². The van der Waals surface area contributed by atoms with Gasteiger partial charge in [-0.15, -0.1) is 0 Å². The van der Waals surface area contributed by atoms with Crippen LogP contribution in [-0.2, 0) is 22.4 Å². The number of nitrogen functional groups attached to an aromatic ring is 1. The average molecular weight is 453 g/mol. The summed E-state index contributed by atoms with van der Waals surface area (Å²) in [4.78, 5) is 16.4. The molecule has 3 aromatic carbocycles. The minimum absolute atomic E-state index is 0.0649. The van der Waals surface area contributed by atoms with Crippen LogP contribution >= 0.6 is 0 Å². The predicted molar refractivity (Wildman–Crippen MR) is 135 cm³/mol. The van der Waals surface area contributed by atoms with Crippen molar-refractivity contribution in [2.75, 3.05) is 12.3 Å². The Labute approximate surface area is 199 Å². The number of benzene rings is 3. The largest absolute Gasteiger partial charge is 0.485 e. The van der Waals surface area contributed by atoms with E-state index in [2.05, 4.69) is 41.4 Å². The number of pyridine rings is 1. The van der Waals surface area contributed by atoms with Crippen molar-refractivity contribution in [1.29, 1.82) is 0 Å². The first-order valence-electron chi connectivity index (χ1n) is 11.7. The number of fused-ring (bicyclic) bond motifs is 2. The third-order valence-corrected chi connectivity index (χ3v) is 6.56. The molecule has 34 heavy (non-hydrogen) atoms. The first-order chi connectivity index (χ1) is 16.5. The molecule has 5 nitrogen and oxygen atoms in total. The second-order valence-electron chi connectivity index (χ2n) is 8.72. The Kier molecular flexibility index (Phi) is 5.93. The molecule has 1 aliphatic rings. The summed E-state index contributed by atoms with van der Waals surface area (Å²) in [6.07, 6.45) is 3.75. The Hall–Kier alpha value is -3.86. The van der Waals surface area contributed by atoms with Crippen LogP contribution in [0.15, 0.2) is 66.9 Å². The zero-order chi connectivity index (χ0) is 23.7. The molecule has 5 rings (SSSR count). The number of aryl methyl sites for hydroxylation is 2. The molecule has 0 amide bonds. The van der Waals surface area contributed by atoms with Crippen molar-refractivity contribution in [3.05, 3.63) is 89.1 Å². The van der Waals surface area contributed by atoms with Gasteiger partial charge in [-0.05, 0) is 84.2 Å². The van der Waals surface area contributed by atoms with Gasteiger partial charge >= 0.3 is 5.97 Å². The summed E-state index contributed by atoms with van der Waals surface area (Å²) < 4.78 is 11.7. The number of anilines is 1. The Bertz CT molecular complexity index is 1380. The number of nitrogens with zero attached hydrogens (tertiary/aromatic N) is 1. The number of rotatable bonds is 6. The average Bonchev–Trinajstić information content (AvgIpc) is 3.23. The van der Waals surface area contributed by atoms with Crippen molar-refractivity contribution in [3.63, 3.8) is 0 Å². The summed E-state index contributed by atoms with van der Waals surface area (Å²) in [7, 11) is 0. The van der Waals surface area contributed by atoms with Crippen LogP contribution in [0.5, 0.6) is 5.75 Å². The highest BCUT2D eigenvalue weighted by molar-refractivity contribution is 5.94. The molecular weight excluding hydrogens is 424 g/mol. The van der Waals surface area contributed by atoms with E-state index in [0.717, 1.165) is 51.6 Å². The van der Waals surface area contributed by atoms with Crippen molar-refractivity contribution in [2.45, 2.75) is 39.2 Å². The van der Waals surface area contributed by atoms with E-state index < -0.39 is 0 Å². The third kappa shape index (κ3) is 4.21. The van der Waals surface area contributed by atoms with Gasteiger partial charge in [0.05, 0.1) is 13.0 Å². The maximum absolute atomic E-state index is 12.2. The van der Waals surface area contributed by atoms with Gasteiger partial charge in [0.1, 0.15) is 17.7 Å². The first-order valence-corrected chi connectivity index (χ1v) is 11.7. The molecule has 0 radical (unpaired) electrons. The molecule has 1 atom stereocenters. The van der Waals surface area contributed by atoms with E-state index in [1.54, 1.807) is 6.20 Å². The minimum Gasteiger partial charge on any atom is -0.485 e. The van der Waals surface area contributed by atoms with Crippen LogP contribution in [0.25, 0.3) is 21.9 Å². The standard InChI is InChI=1S/C29H28N2O3/c1-3-33-28(32)17-23-18(2)5-4-6-26(23)34-27-12-11-19-7-9-21(15-24(19)27)22-10-8-20-13-14-31-29(30)25(20)16-22/h4-10,13-16,27H,3,11-12,17H2,1-2H3,(H2,30,31)/t27-/m1/s1. The summed E-state index contributed by atoms with van der Waals surface area (Å²) in [5.74, 6) is 1.05. The van der Waals surface area contributed by atoms with Crippen LogP contribution in [0, 0.1) is 6.92 Å². The number of hydrogen-bond acceptors (Lipinski definition) is 5. The molecule has 5 heteroatoms. The van der Waals surface area contributed by atoms with Crippen LogP contribution in [0.4, 0.5) is 5.82 Å². The van der Waals surface area contributed by atoms with E-state index >= 15 is 0 Å². The smallest absolute Gasteiger partial charge is 0.310 e. The molecule has 0 bridgehead atoms. The van der Waals surface area contributed by atoms with Gasteiger partial charge in [0, 0.05) is 17.1 Å². The van der Waals surface area contributed by atoms with Gasteiger partial charge in [-0.3, -0.25) is 4.79 Å². The minimum atomic E-state index is -0.235. The van der Waals surface area contributed by atoms with E-state index in [9.17, 15) is 4.79 Å². The summed E-state index contributed by atoms with van der Waals surface area (Å²) in [5, 5.41) is 2.03. The maximum atomic E-state index is 12.2. The van der Waals surface area contributed by atoms with Gasteiger partial charge in [-0.1, -0.05) is 36.4 Å². The third-order valence-electron chi connectivity index (χ3n) is 6.56. The number of ether oxygens (including phenoxy) is 2. The van der Waals surface area contributed by atoms with Crippen LogP contribution in [0.2, 0.25) is 0 Å². The highest BCUT2D eigenvalue weighted by atomic mass is 16.5. The number of aromatic nitrogens is 1. The molecule has 2 N–H and O–H groups in total. The Morgan fingerprint density at radius 1 is 1.09 bits per heavy atom. The van der Waals surface area contributed by atoms with E-state index in [4.69, 9.17) is 15.2 Å². The van der Waals surface area contributed by atoms with E-state index in [-0.39, 0.29) is 18.5 Å². The first kappa shape index (κ1) is 22.0. The summed E-state index contributed by atoms with van der Waals surface area (Å²) >= 11 is 0. The zero-order valence-electron chi connectivity index (χ0n) is 19.5. The van der Waals surface area contributed by atoms with Gasteiger partial charge in [0.15, 0.2) is 0 Å². The number of nitrogens with two attached hydrogens (primary N) is 1. The van der Waals surface area contributed by atoms with Crippen molar-refractivity contribution in [3.8, 4) is 16.9 Å². The number of carbonyl (C=O) groups excluding carboxylic acids is 1. The lowest BCUT2D eigenvalue weighted by molar-refractivity contribution is -0.142. The fraction of sp³-hybridized carbons (Fsp3) is 0.241. The van der Waals surface area contributed by atoms with Crippen molar-refractivity contribution < 1.29 is 14.3 Å². The second-order valence-corrected chi connectivity index (χ2v) is 8.72. The molecule has 1 heterocycles. The summed E-state index contributed by atoms with van der Waals surface area (Å²) in [6.45, 7) is 4.19. The Morgan fingerprint density at radius 3 is 2.76 bits per heavy atom. The predicted octanol–water partition coefficient (Wildman–Crippen LogP) is 5.96. The maximum Gasteiger partial charge on any atom is 0.310 e. The van der Waals surface area contributed by atoms with Crippen LogP contribution in [0.1, 0.15) is 41.7 Å². The number of esters is 1. The quantitative estimate of drug-likeness (QED) is 0.365. The van der Waals surface area contributed by atoms with Gasteiger partial charge in [-0.2, -0.15) is 0 Å². The van der Waals surface area contributed by atoms with Crippen LogP contribution in [-0.4, -0.2) is 17.6 Å². The Morgan fingerprint density at radius 2 is 1.91 bits per heavy atom. The van der Waals surface area contributed by atoms with Gasteiger partial charge in [0.25, 0.3) is 0 Å². The molecule has 0 saturated heterocycles. The SMILES string of the molecule is CCOC(=O)Cc1c(C)cccc1O[C@@H]1CCc2ccc(-c3ccc4ccnc(N)c4c3)cc21. The fourth-order valence-electron chi connectivity index (χ4n) is 4.76. The second kappa shape index (κ2) is 9.18. The lowest BCUT2D eigenvalue weighted by Crippen LogP contribution is -2.12.